The second-order valence-electron chi connectivity index (χ2n) is 5.79. The van der Waals surface area contributed by atoms with Gasteiger partial charge in [0.05, 0.1) is 14.0 Å². The van der Waals surface area contributed by atoms with Gasteiger partial charge in [-0.15, -0.1) is 0 Å². The molecule has 0 amide bonds. The van der Waals surface area contributed by atoms with Gasteiger partial charge in [0.25, 0.3) is 0 Å². The molecule has 0 bridgehead atoms. The van der Waals surface area contributed by atoms with Crippen LogP contribution in [0.3, 0.4) is 0 Å². The van der Waals surface area contributed by atoms with Gasteiger partial charge in [-0.1, -0.05) is 23.7 Å². The van der Waals surface area contributed by atoms with Crippen LogP contribution >= 0.6 is 59.4 Å². The summed E-state index contributed by atoms with van der Waals surface area (Å²) in [4.78, 5) is 0. The zero-order valence-electron chi connectivity index (χ0n) is 13.9. The van der Waals surface area contributed by atoms with Gasteiger partial charge in [0.1, 0.15) is 18.2 Å². The maximum atomic E-state index is 13.3. The minimum absolute atomic E-state index is 0.274. The first-order chi connectivity index (χ1) is 12.9. The molecule has 0 spiro atoms. The molecule has 0 aliphatic carbocycles. The zero-order valence-corrected chi connectivity index (χ0v) is 19.4. The summed E-state index contributed by atoms with van der Waals surface area (Å²) in [5.74, 6) is 0.401. The van der Waals surface area contributed by atoms with Gasteiger partial charge in [-0.05, 0) is 101 Å². The van der Waals surface area contributed by atoms with Crippen LogP contribution in [0.2, 0.25) is 5.02 Å². The second kappa shape index (κ2) is 9.41. The van der Waals surface area contributed by atoms with E-state index in [1.807, 2.05) is 36.4 Å². The van der Waals surface area contributed by atoms with Crippen molar-refractivity contribution in [1.82, 2.24) is 0 Å². The van der Waals surface area contributed by atoms with Crippen LogP contribution in [-0.4, -0.2) is 0 Å². The van der Waals surface area contributed by atoms with Crippen molar-refractivity contribution in [3.05, 3.63) is 90.0 Å². The quantitative estimate of drug-likeness (QED) is 0.321. The van der Waals surface area contributed by atoms with Gasteiger partial charge in [0, 0.05) is 16.7 Å². The number of halogens is 5. The Bertz CT molecular complexity index is 945. The molecule has 0 unspecified atom stereocenters. The molecular weight excluding hydrogens is 564 g/mol. The third-order valence-corrected chi connectivity index (χ3v) is 6.16. The first kappa shape index (κ1) is 20.6. The highest BCUT2D eigenvalue weighted by molar-refractivity contribution is 9.11. The highest BCUT2D eigenvalue weighted by Gasteiger charge is 2.10. The Morgan fingerprint density at radius 3 is 2.30 bits per heavy atom. The van der Waals surface area contributed by atoms with Gasteiger partial charge in [-0.25, -0.2) is 4.39 Å². The van der Waals surface area contributed by atoms with E-state index >= 15 is 0 Å². The predicted octanol–water partition coefficient (Wildman–Crippen LogP) is 7.96. The number of anilines is 1. The summed E-state index contributed by atoms with van der Waals surface area (Å²) in [5, 5.41) is 3.99. The predicted molar refractivity (Wildman–Crippen MR) is 119 cm³/mol. The largest absolute Gasteiger partial charge is 0.487 e. The van der Waals surface area contributed by atoms with Crippen molar-refractivity contribution in [3.63, 3.8) is 0 Å². The first-order valence-corrected chi connectivity index (χ1v) is 10.7. The number of nitrogens with one attached hydrogen (secondary N) is 1. The Balaban J connectivity index is 1.67. The smallest absolute Gasteiger partial charge is 0.148 e. The van der Waals surface area contributed by atoms with E-state index in [0.29, 0.717) is 17.3 Å². The molecule has 3 aromatic carbocycles. The van der Waals surface area contributed by atoms with Crippen LogP contribution in [-0.2, 0) is 13.2 Å². The fraction of sp³-hybridized carbons (Fsp3) is 0.100. The average Bonchev–Trinajstić information content (AvgIpc) is 2.62. The first-order valence-electron chi connectivity index (χ1n) is 7.96. The zero-order chi connectivity index (χ0) is 19.4. The molecule has 0 radical (unpaired) electrons. The van der Waals surface area contributed by atoms with E-state index in [1.165, 1.54) is 12.1 Å². The monoisotopic (exact) mass is 575 g/mol. The van der Waals surface area contributed by atoms with Crippen molar-refractivity contribution < 1.29 is 9.13 Å². The molecule has 0 fully saturated rings. The minimum Gasteiger partial charge on any atom is -0.487 e. The third kappa shape index (κ3) is 5.70. The van der Waals surface area contributed by atoms with Crippen LogP contribution in [0.15, 0.2) is 68.0 Å². The number of benzene rings is 3. The van der Waals surface area contributed by atoms with Crippen LogP contribution in [0.1, 0.15) is 11.1 Å². The van der Waals surface area contributed by atoms with Crippen molar-refractivity contribution in [1.29, 1.82) is 0 Å². The fourth-order valence-electron chi connectivity index (χ4n) is 2.44. The van der Waals surface area contributed by atoms with Crippen molar-refractivity contribution >= 4 is 65.1 Å². The summed E-state index contributed by atoms with van der Waals surface area (Å²) in [6, 6.07) is 16.1. The van der Waals surface area contributed by atoms with Gasteiger partial charge in [0.2, 0.25) is 0 Å². The molecule has 140 valence electrons. The maximum absolute atomic E-state index is 13.3. The molecule has 0 atom stereocenters. The Morgan fingerprint density at radius 2 is 1.63 bits per heavy atom. The summed E-state index contributed by atoms with van der Waals surface area (Å²) in [6.45, 7) is 0.906. The highest BCUT2D eigenvalue weighted by Crippen LogP contribution is 2.35. The molecule has 0 heterocycles. The SMILES string of the molecule is Fc1cccc(COc2c(Br)cc(CNc3ccc(Br)c(Cl)c3)cc2Br)c1. The van der Waals surface area contributed by atoms with Crippen molar-refractivity contribution in [2.75, 3.05) is 5.32 Å². The van der Waals surface area contributed by atoms with Crippen LogP contribution in [0, 0.1) is 5.82 Å². The summed E-state index contributed by atoms with van der Waals surface area (Å²) in [6.07, 6.45) is 0. The standard InChI is InChI=1S/C20H14Br3ClFNO/c21-16-5-4-15(9-19(16)24)26-10-13-7-17(22)20(18(23)8-13)27-11-12-2-1-3-14(25)6-12/h1-9,26H,10-11H2. The van der Waals surface area contributed by atoms with Crippen LogP contribution in [0.5, 0.6) is 5.75 Å². The molecular formula is C20H14Br3ClFNO. The fourth-order valence-corrected chi connectivity index (χ4v) is 4.38. The van der Waals surface area contributed by atoms with Gasteiger partial charge in [-0.2, -0.15) is 0 Å². The summed E-state index contributed by atoms with van der Waals surface area (Å²) < 4.78 is 21.6. The molecule has 1 N–H and O–H groups in total. The molecule has 0 saturated heterocycles. The van der Waals surface area contributed by atoms with Crippen molar-refractivity contribution in [3.8, 4) is 5.75 Å². The normalized spacial score (nSPS) is 10.7. The van der Waals surface area contributed by atoms with E-state index < -0.39 is 0 Å². The van der Waals surface area contributed by atoms with E-state index in [2.05, 4.69) is 53.1 Å². The van der Waals surface area contributed by atoms with Gasteiger partial charge in [0.15, 0.2) is 0 Å². The van der Waals surface area contributed by atoms with E-state index in [9.17, 15) is 4.39 Å². The molecule has 0 saturated carbocycles. The summed E-state index contributed by atoms with van der Waals surface area (Å²) in [5.41, 5.74) is 2.76. The number of ether oxygens (including phenoxy) is 1. The number of hydrogen-bond acceptors (Lipinski definition) is 2. The van der Waals surface area contributed by atoms with E-state index in [0.717, 1.165) is 30.2 Å². The minimum atomic E-state index is -0.274. The van der Waals surface area contributed by atoms with E-state index in [1.54, 1.807) is 6.07 Å². The van der Waals surface area contributed by atoms with E-state index in [4.69, 9.17) is 16.3 Å². The average molecular weight is 579 g/mol. The van der Waals surface area contributed by atoms with Crippen LogP contribution < -0.4 is 10.1 Å². The van der Waals surface area contributed by atoms with Gasteiger partial charge >= 0.3 is 0 Å². The molecule has 27 heavy (non-hydrogen) atoms. The third-order valence-electron chi connectivity index (χ3n) is 3.75. The van der Waals surface area contributed by atoms with Crippen LogP contribution in [0.25, 0.3) is 0 Å². The lowest BCUT2D eigenvalue weighted by Gasteiger charge is -2.13. The summed E-state index contributed by atoms with van der Waals surface area (Å²) in [7, 11) is 0. The number of hydrogen-bond donors (Lipinski definition) is 1. The number of rotatable bonds is 6. The molecule has 2 nitrogen and oxygen atoms in total. The molecule has 7 heteroatoms. The Morgan fingerprint density at radius 1 is 0.889 bits per heavy atom. The summed E-state index contributed by atoms with van der Waals surface area (Å²) >= 11 is 16.6. The Kier molecular flexibility index (Phi) is 7.20. The lowest BCUT2D eigenvalue weighted by atomic mass is 10.2. The van der Waals surface area contributed by atoms with Crippen LogP contribution in [0.4, 0.5) is 10.1 Å². The maximum Gasteiger partial charge on any atom is 0.148 e. The van der Waals surface area contributed by atoms with E-state index in [-0.39, 0.29) is 12.4 Å². The van der Waals surface area contributed by atoms with Gasteiger partial charge in [-0.3, -0.25) is 0 Å². The molecule has 0 aliphatic rings. The van der Waals surface area contributed by atoms with Crippen molar-refractivity contribution in [2.45, 2.75) is 13.2 Å². The second-order valence-corrected chi connectivity index (χ2v) is 8.76. The Labute approximate surface area is 187 Å². The van der Waals surface area contributed by atoms with Gasteiger partial charge < -0.3 is 10.1 Å². The molecule has 0 aromatic heterocycles. The highest BCUT2D eigenvalue weighted by atomic mass is 79.9. The lowest BCUT2D eigenvalue weighted by Crippen LogP contribution is -2.02. The van der Waals surface area contributed by atoms with Crippen molar-refractivity contribution in [2.24, 2.45) is 0 Å². The lowest BCUT2D eigenvalue weighted by molar-refractivity contribution is 0.301. The molecule has 3 aromatic rings. The Hall–Kier alpha value is -1.08. The molecule has 0 aliphatic heterocycles. The topological polar surface area (TPSA) is 21.3 Å². The molecule has 3 rings (SSSR count).